The molecule has 1 aliphatic heterocycles. The zero-order chi connectivity index (χ0) is 13.2. The van der Waals surface area contributed by atoms with E-state index < -0.39 is 0 Å². The summed E-state index contributed by atoms with van der Waals surface area (Å²) in [5.74, 6) is 1.74. The fourth-order valence-electron chi connectivity index (χ4n) is 2.16. The van der Waals surface area contributed by atoms with Crippen molar-refractivity contribution in [2.75, 3.05) is 24.6 Å². The van der Waals surface area contributed by atoms with Crippen LogP contribution in [0.15, 0.2) is 6.07 Å². The Kier molecular flexibility index (Phi) is 4.07. The zero-order valence-electron chi connectivity index (χ0n) is 11.2. The molecule has 0 N–H and O–H groups in total. The lowest BCUT2D eigenvalue weighted by molar-refractivity contribution is -0.0279. The maximum Gasteiger partial charge on any atom is 0.134 e. The normalized spacial score (nSPS) is 19.0. The zero-order valence-corrected chi connectivity index (χ0v) is 12.0. The topological polar surface area (TPSA) is 38.2 Å². The minimum atomic E-state index is -0.138. The average molecular weight is 270 g/mol. The van der Waals surface area contributed by atoms with E-state index in [4.69, 9.17) is 16.3 Å². The van der Waals surface area contributed by atoms with Gasteiger partial charge in [-0.25, -0.2) is 9.97 Å². The molecule has 2 heterocycles. The number of aryl methyl sites for hydroxylation is 1. The Balaban J connectivity index is 2.21. The molecule has 100 valence electrons. The second-order valence-corrected chi connectivity index (χ2v) is 5.63. The van der Waals surface area contributed by atoms with E-state index in [1.807, 2.05) is 6.07 Å². The van der Waals surface area contributed by atoms with Crippen LogP contribution in [0.4, 0.5) is 5.82 Å². The second kappa shape index (κ2) is 5.41. The lowest BCUT2D eigenvalue weighted by atomic mass is 10.1. The monoisotopic (exact) mass is 269 g/mol. The van der Waals surface area contributed by atoms with E-state index in [2.05, 4.69) is 35.6 Å². The highest BCUT2D eigenvalue weighted by Gasteiger charge is 2.28. The Bertz CT molecular complexity index is 423. The van der Waals surface area contributed by atoms with Gasteiger partial charge in [0.25, 0.3) is 0 Å². The first-order valence-electron chi connectivity index (χ1n) is 6.42. The molecule has 0 aliphatic carbocycles. The lowest BCUT2D eigenvalue weighted by Crippen LogP contribution is -2.48. The molecule has 1 aromatic rings. The molecule has 0 amide bonds. The van der Waals surface area contributed by atoms with Gasteiger partial charge in [0.2, 0.25) is 0 Å². The minimum Gasteiger partial charge on any atom is -0.372 e. The molecule has 18 heavy (non-hydrogen) atoms. The fraction of sp³-hybridized carbons (Fsp3) is 0.692. The maximum absolute atomic E-state index is 6.07. The summed E-state index contributed by atoms with van der Waals surface area (Å²) in [6.07, 6.45) is 1.88. The van der Waals surface area contributed by atoms with Crippen LogP contribution in [0, 0.1) is 0 Å². The van der Waals surface area contributed by atoms with Gasteiger partial charge in [0, 0.05) is 25.6 Å². The summed E-state index contributed by atoms with van der Waals surface area (Å²) in [6, 6.07) is 1.84. The summed E-state index contributed by atoms with van der Waals surface area (Å²) in [4.78, 5) is 11.1. The smallest absolute Gasteiger partial charge is 0.134 e. The third-order valence-electron chi connectivity index (χ3n) is 2.95. The van der Waals surface area contributed by atoms with Gasteiger partial charge in [0.15, 0.2) is 0 Å². The number of hydrogen-bond donors (Lipinski definition) is 0. The largest absolute Gasteiger partial charge is 0.372 e. The van der Waals surface area contributed by atoms with E-state index in [1.165, 1.54) is 0 Å². The van der Waals surface area contributed by atoms with Gasteiger partial charge in [0.1, 0.15) is 16.8 Å². The molecule has 0 spiro atoms. The van der Waals surface area contributed by atoms with Crippen molar-refractivity contribution >= 4 is 17.4 Å². The molecule has 4 nitrogen and oxygen atoms in total. The molecule has 1 fully saturated rings. The Morgan fingerprint density at radius 2 is 2.22 bits per heavy atom. The van der Waals surface area contributed by atoms with E-state index in [1.54, 1.807) is 0 Å². The first-order chi connectivity index (χ1) is 8.50. The maximum atomic E-state index is 6.07. The van der Waals surface area contributed by atoms with Crippen molar-refractivity contribution in [2.45, 2.75) is 39.2 Å². The number of halogens is 1. The SMILES string of the molecule is CCCc1nc(Cl)cc(N2CCOC(C)(C)C2)n1. The molecule has 0 aromatic carbocycles. The van der Waals surface area contributed by atoms with Crippen LogP contribution in [0.1, 0.15) is 33.0 Å². The Morgan fingerprint density at radius 3 is 2.89 bits per heavy atom. The lowest BCUT2D eigenvalue weighted by Gasteiger charge is -2.38. The van der Waals surface area contributed by atoms with Crippen molar-refractivity contribution in [1.29, 1.82) is 0 Å². The van der Waals surface area contributed by atoms with Crippen molar-refractivity contribution < 1.29 is 4.74 Å². The van der Waals surface area contributed by atoms with Crippen LogP contribution in [0.3, 0.4) is 0 Å². The molecule has 0 radical (unpaired) electrons. The van der Waals surface area contributed by atoms with Crippen molar-refractivity contribution in [2.24, 2.45) is 0 Å². The number of rotatable bonds is 3. The Hall–Kier alpha value is -0.870. The third-order valence-corrected chi connectivity index (χ3v) is 3.14. The fourth-order valence-corrected chi connectivity index (χ4v) is 2.36. The first kappa shape index (κ1) is 13.6. The van der Waals surface area contributed by atoms with Gasteiger partial charge in [-0.15, -0.1) is 0 Å². The van der Waals surface area contributed by atoms with E-state index in [0.29, 0.717) is 5.15 Å². The highest BCUT2D eigenvalue weighted by Crippen LogP contribution is 2.23. The molecule has 1 aromatic heterocycles. The Morgan fingerprint density at radius 1 is 1.44 bits per heavy atom. The van der Waals surface area contributed by atoms with Crippen molar-refractivity contribution in [3.05, 3.63) is 17.0 Å². The van der Waals surface area contributed by atoms with Gasteiger partial charge in [-0.3, -0.25) is 0 Å². The van der Waals surface area contributed by atoms with E-state index in [9.17, 15) is 0 Å². The summed E-state index contributed by atoms with van der Waals surface area (Å²) >= 11 is 6.07. The molecule has 1 aliphatic rings. The van der Waals surface area contributed by atoms with Gasteiger partial charge in [-0.05, 0) is 20.3 Å². The highest BCUT2D eigenvalue weighted by molar-refractivity contribution is 6.29. The summed E-state index contributed by atoms with van der Waals surface area (Å²) < 4.78 is 5.71. The van der Waals surface area contributed by atoms with Crippen molar-refractivity contribution in [3.8, 4) is 0 Å². The quantitative estimate of drug-likeness (QED) is 0.791. The molecule has 5 heteroatoms. The second-order valence-electron chi connectivity index (χ2n) is 5.24. The molecular formula is C13H20ClN3O. The molecule has 1 saturated heterocycles. The molecule has 0 bridgehead atoms. The van der Waals surface area contributed by atoms with Gasteiger partial charge < -0.3 is 9.64 Å². The Labute approximate surface area is 113 Å². The number of nitrogens with zero attached hydrogens (tertiary/aromatic N) is 3. The average Bonchev–Trinajstić information content (AvgIpc) is 2.27. The summed E-state index contributed by atoms with van der Waals surface area (Å²) in [6.45, 7) is 8.69. The number of ether oxygens (including phenoxy) is 1. The van der Waals surface area contributed by atoms with E-state index in [-0.39, 0.29) is 5.60 Å². The van der Waals surface area contributed by atoms with Gasteiger partial charge in [-0.2, -0.15) is 0 Å². The summed E-state index contributed by atoms with van der Waals surface area (Å²) in [5.41, 5.74) is -0.138. The van der Waals surface area contributed by atoms with Crippen LogP contribution in [0.5, 0.6) is 0 Å². The number of anilines is 1. The molecule has 0 atom stereocenters. The number of aromatic nitrogens is 2. The van der Waals surface area contributed by atoms with Crippen LogP contribution in [0.2, 0.25) is 5.15 Å². The van der Waals surface area contributed by atoms with Crippen LogP contribution in [0.25, 0.3) is 0 Å². The number of hydrogen-bond acceptors (Lipinski definition) is 4. The first-order valence-corrected chi connectivity index (χ1v) is 6.80. The van der Waals surface area contributed by atoms with Crippen molar-refractivity contribution in [3.63, 3.8) is 0 Å². The van der Waals surface area contributed by atoms with Gasteiger partial charge in [-0.1, -0.05) is 18.5 Å². The third kappa shape index (κ3) is 3.33. The van der Waals surface area contributed by atoms with Gasteiger partial charge >= 0.3 is 0 Å². The van der Waals surface area contributed by atoms with E-state index >= 15 is 0 Å². The predicted molar refractivity (Wildman–Crippen MR) is 73.3 cm³/mol. The standard InChI is InChI=1S/C13H20ClN3O/c1-4-5-11-15-10(14)8-12(16-11)17-6-7-18-13(2,3)9-17/h8H,4-7,9H2,1-3H3. The van der Waals surface area contributed by atoms with Crippen LogP contribution >= 0.6 is 11.6 Å². The van der Waals surface area contributed by atoms with E-state index in [0.717, 1.165) is 44.2 Å². The predicted octanol–water partition coefficient (Wildman–Crippen LogP) is 2.70. The summed E-state index contributed by atoms with van der Waals surface area (Å²) in [5, 5.41) is 0.521. The molecule has 2 rings (SSSR count). The molecular weight excluding hydrogens is 250 g/mol. The van der Waals surface area contributed by atoms with Gasteiger partial charge in [0.05, 0.1) is 12.2 Å². The van der Waals surface area contributed by atoms with Crippen LogP contribution in [-0.4, -0.2) is 35.3 Å². The highest BCUT2D eigenvalue weighted by atomic mass is 35.5. The van der Waals surface area contributed by atoms with Crippen LogP contribution < -0.4 is 4.90 Å². The summed E-state index contributed by atoms with van der Waals surface area (Å²) in [7, 11) is 0. The minimum absolute atomic E-state index is 0.138. The molecule has 0 unspecified atom stereocenters. The number of morpholine rings is 1. The van der Waals surface area contributed by atoms with Crippen LogP contribution in [-0.2, 0) is 11.2 Å². The van der Waals surface area contributed by atoms with Crippen molar-refractivity contribution in [1.82, 2.24) is 9.97 Å². The molecule has 0 saturated carbocycles.